The van der Waals surface area contributed by atoms with E-state index in [1.807, 2.05) is 0 Å². The summed E-state index contributed by atoms with van der Waals surface area (Å²) in [6.45, 7) is 3.30. The van der Waals surface area contributed by atoms with Crippen molar-refractivity contribution in [1.82, 2.24) is 0 Å². The lowest BCUT2D eigenvalue weighted by molar-refractivity contribution is -0.149. The fourth-order valence-corrected chi connectivity index (χ4v) is 0.380. The van der Waals surface area contributed by atoms with Crippen LogP contribution in [0.2, 0.25) is 0 Å². The number of carbonyl (C=O) groups excluding carboxylic acids is 3. The van der Waals surface area contributed by atoms with Gasteiger partial charge >= 0.3 is 5.97 Å². The molecule has 0 aliphatic rings. The maximum Gasteiger partial charge on any atom is 0.323 e. The molecule has 0 radical (unpaired) electrons. The Kier molecular flexibility index (Phi) is 4.64. The largest absolute Gasteiger partial charge is 0.461 e. The first-order chi connectivity index (χ1) is 5.26. The summed E-state index contributed by atoms with van der Waals surface area (Å²) in [5.41, 5.74) is 0. The van der Waals surface area contributed by atoms with Gasteiger partial charge in [0.1, 0.15) is 19.2 Å². The fraction of sp³-hybridized carbons (Fsp3) is 0.286. The molecule has 0 saturated heterocycles. The summed E-state index contributed by atoms with van der Waals surface area (Å²) in [6.07, 6.45) is 1.82. The van der Waals surface area contributed by atoms with Crippen molar-refractivity contribution >= 4 is 18.5 Å². The standard InChI is InChI=1S/C7H8O4/c1-2-3-11-7(10)6(4-8)5-9/h2,4-6H,1,3H2. The molecule has 0 unspecified atom stereocenters. The number of ether oxygens (including phenoxy) is 1. The monoisotopic (exact) mass is 156 g/mol. The number of aldehydes is 2. The van der Waals surface area contributed by atoms with Crippen molar-refractivity contribution in [1.29, 1.82) is 0 Å². The fourth-order valence-electron chi connectivity index (χ4n) is 0.380. The van der Waals surface area contributed by atoms with Crippen LogP contribution in [0.3, 0.4) is 0 Å². The molecule has 4 heteroatoms. The van der Waals surface area contributed by atoms with E-state index in [9.17, 15) is 14.4 Å². The Balaban J connectivity index is 3.88. The Hall–Kier alpha value is -1.45. The summed E-state index contributed by atoms with van der Waals surface area (Å²) in [5.74, 6) is -2.13. The van der Waals surface area contributed by atoms with Gasteiger partial charge in [-0.15, -0.1) is 0 Å². The zero-order valence-corrected chi connectivity index (χ0v) is 5.86. The Morgan fingerprint density at radius 1 is 1.45 bits per heavy atom. The van der Waals surface area contributed by atoms with E-state index in [-0.39, 0.29) is 19.2 Å². The van der Waals surface area contributed by atoms with Crippen LogP contribution in [-0.4, -0.2) is 25.1 Å². The smallest absolute Gasteiger partial charge is 0.323 e. The third-order valence-electron chi connectivity index (χ3n) is 0.909. The minimum Gasteiger partial charge on any atom is -0.461 e. The van der Waals surface area contributed by atoms with E-state index in [0.717, 1.165) is 0 Å². The second-order valence-electron chi connectivity index (χ2n) is 1.72. The van der Waals surface area contributed by atoms with Gasteiger partial charge in [-0.2, -0.15) is 0 Å². The van der Waals surface area contributed by atoms with Crippen LogP contribution in [0.4, 0.5) is 0 Å². The SMILES string of the molecule is C=CCOC(=O)C(C=O)C=O. The van der Waals surface area contributed by atoms with Crippen LogP contribution in [0.1, 0.15) is 0 Å². The van der Waals surface area contributed by atoms with Gasteiger partial charge in [-0.3, -0.25) is 4.79 Å². The van der Waals surface area contributed by atoms with E-state index in [0.29, 0.717) is 0 Å². The summed E-state index contributed by atoms with van der Waals surface area (Å²) >= 11 is 0. The minimum absolute atomic E-state index is 0.0109. The van der Waals surface area contributed by atoms with Gasteiger partial charge in [-0.1, -0.05) is 12.7 Å². The molecule has 0 heterocycles. The molecule has 0 fully saturated rings. The maximum atomic E-state index is 10.6. The molecule has 0 saturated carbocycles. The lowest BCUT2D eigenvalue weighted by Crippen LogP contribution is -2.20. The first kappa shape index (κ1) is 9.55. The summed E-state index contributed by atoms with van der Waals surface area (Å²) in [5, 5.41) is 0. The molecule has 60 valence electrons. The van der Waals surface area contributed by atoms with Gasteiger partial charge < -0.3 is 14.3 Å². The lowest BCUT2D eigenvalue weighted by atomic mass is 10.2. The zero-order valence-electron chi connectivity index (χ0n) is 5.86. The summed E-state index contributed by atoms with van der Waals surface area (Å²) in [6, 6.07) is 0. The van der Waals surface area contributed by atoms with Gasteiger partial charge in [0.2, 0.25) is 0 Å². The Morgan fingerprint density at radius 2 is 2.00 bits per heavy atom. The molecule has 11 heavy (non-hydrogen) atoms. The van der Waals surface area contributed by atoms with Crippen molar-refractivity contribution in [2.24, 2.45) is 5.92 Å². The molecule has 4 nitrogen and oxygen atoms in total. The highest BCUT2D eigenvalue weighted by atomic mass is 16.5. The van der Waals surface area contributed by atoms with Crippen molar-refractivity contribution in [3.05, 3.63) is 12.7 Å². The van der Waals surface area contributed by atoms with E-state index < -0.39 is 11.9 Å². The highest BCUT2D eigenvalue weighted by Gasteiger charge is 2.16. The Morgan fingerprint density at radius 3 is 2.36 bits per heavy atom. The van der Waals surface area contributed by atoms with Gasteiger partial charge in [0.05, 0.1) is 0 Å². The number of rotatable bonds is 5. The first-order valence-electron chi connectivity index (χ1n) is 2.94. The van der Waals surface area contributed by atoms with Crippen molar-refractivity contribution in [3.8, 4) is 0 Å². The predicted octanol–water partition coefficient (Wildman–Crippen LogP) is -0.270. The molecule has 0 atom stereocenters. The highest BCUT2D eigenvalue weighted by molar-refractivity contribution is 6.02. The third kappa shape index (κ3) is 3.30. The number of hydrogen-bond donors (Lipinski definition) is 0. The summed E-state index contributed by atoms with van der Waals surface area (Å²) in [4.78, 5) is 30.6. The summed E-state index contributed by atoms with van der Waals surface area (Å²) in [7, 11) is 0. The van der Waals surface area contributed by atoms with E-state index in [4.69, 9.17) is 0 Å². The number of hydrogen-bond acceptors (Lipinski definition) is 4. The van der Waals surface area contributed by atoms with E-state index in [1.165, 1.54) is 6.08 Å². The van der Waals surface area contributed by atoms with Crippen LogP contribution < -0.4 is 0 Å². The molecule has 0 spiro atoms. The van der Waals surface area contributed by atoms with E-state index in [1.54, 1.807) is 0 Å². The molecule has 0 aromatic carbocycles. The Bertz CT molecular complexity index is 165. The van der Waals surface area contributed by atoms with E-state index in [2.05, 4.69) is 11.3 Å². The lowest BCUT2D eigenvalue weighted by Gasteiger charge is -2.00. The van der Waals surface area contributed by atoms with Gasteiger partial charge in [-0.25, -0.2) is 0 Å². The molecular formula is C7H8O4. The zero-order chi connectivity index (χ0) is 8.69. The van der Waals surface area contributed by atoms with Gasteiger partial charge in [0, 0.05) is 0 Å². The molecule has 0 rings (SSSR count). The van der Waals surface area contributed by atoms with Gasteiger partial charge in [-0.05, 0) is 0 Å². The minimum atomic E-state index is -1.30. The van der Waals surface area contributed by atoms with Gasteiger partial charge in [0.25, 0.3) is 0 Å². The molecule has 0 aliphatic heterocycles. The topological polar surface area (TPSA) is 60.4 Å². The average molecular weight is 156 g/mol. The normalized spacial score (nSPS) is 8.82. The number of esters is 1. The van der Waals surface area contributed by atoms with E-state index >= 15 is 0 Å². The van der Waals surface area contributed by atoms with Crippen molar-refractivity contribution < 1.29 is 19.1 Å². The first-order valence-corrected chi connectivity index (χ1v) is 2.94. The predicted molar refractivity (Wildman–Crippen MR) is 36.8 cm³/mol. The van der Waals surface area contributed by atoms with Crippen LogP contribution in [0.5, 0.6) is 0 Å². The Labute approximate surface area is 63.8 Å². The molecule has 0 aromatic heterocycles. The number of carbonyl (C=O) groups is 3. The van der Waals surface area contributed by atoms with Crippen molar-refractivity contribution in [2.45, 2.75) is 0 Å². The highest BCUT2D eigenvalue weighted by Crippen LogP contribution is 1.91. The third-order valence-corrected chi connectivity index (χ3v) is 0.909. The van der Waals surface area contributed by atoms with Crippen molar-refractivity contribution in [3.63, 3.8) is 0 Å². The maximum absolute atomic E-state index is 10.6. The molecule has 0 amide bonds. The van der Waals surface area contributed by atoms with Crippen LogP contribution in [0.25, 0.3) is 0 Å². The van der Waals surface area contributed by atoms with Crippen molar-refractivity contribution in [2.75, 3.05) is 6.61 Å². The van der Waals surface area contributed by atoms with Crippen LogP contribution >= 0.6 is 0 Å². The van der Waals surface area contributed by atoms with Crippen LogP contribution in [0, 0.1) is 5.92 Å². The molecule has 0 N–H and O–H groups in total. The molecule has 0 aliphatic carbocycles. The van der Waals surface area contributed by atoms with Crippen LogP contribution in [0.15, 0.2) is 12.7 Å². The average Bonchev–Trinajstić information content (AvgIpc) is 2.03. The second kappa shape index (κ2) is 5.34. The molecule has 0 bridgehead atoms. The molecule has 0 aromatic rings. The second-order valence-corrected chi connectivity index (χ2v) is 1.72. The molecular weight excluding hydrogens is 148 g/mol. The van der Waals surface area contributed by atoms with Crippen LogP contribution in [-0.2, 0) is 19.1 Å². The van der Waals surface area contributed by atoms with Gasteiger partial charge in [0.15, 0.2) is 5.92 Å². The summed E-state index contributed by atoms with van der Waals surface area (Å²) < 4.78 is 4.42. The quantitative estimate of drug-likeness (QED) is 0.238.